The predicted molar refractivity (Wildman–Crippen MR) is 120 cm³/mol. The Kier molecular flexibility index (Phi) is 7.72. The molecule has 1 heterocycles. The highest BCUT2D eigenvalue weighted by atomic mass is 32.2. The molecule has 31 heavy (non-hydrogen) atoms. The highest BCUT2D eigenvalue weighted by molar-refractivity contribution is 7.89. The van der Waals surface area contributed by atoms with Gasteiger partial charge < -0.3 is 4.74 Å². The zero-order valence-electron chi connectivity index (χ0n) is 17.2. The molecular weight excluding hydrogens is 436 g/mol. The number of aryl methyl sites for hydroxylation is 1. The Balaban J connectivity index is 1.51. The molecule has 1 aromatic heterocycles. The molecule has 0 saturated carbocycles. The van der Waals surface area contributed by atoms with Crippen LogP contribution in [0.5, 0.6) is 5.75 Å². The summed E-state index contributed by atoms with van der Waals surface area (Å²) < 4.78 is 32.9. The maximum Gasteiger partial charge on any atom is 0.267 e. The number of ether oxygens (including phenoxy) is 1. The van der Waals surface area contributed by atoms with Gasteiger partial charge in [0.2, 0.25) is 15.2 Å². The molecule has 3 rings (SSSR count). The molecule has 3 aromatic rings. The molecule has 1 atom stereocenters. The summed E-state index contributed by atoms with van der Waals surface area (Å²) in [6.07, 6.45) is 0.194. The van der Waals surface area contributed by atoms with Crippen molar-refractivity contribution in [2.75, 3.05) is 11.9 Å². The normalized spacial score (nSPS) is 12.3. The van der Waals surface area contributed by atoms with Gasteiger partial charge in [-0.05, 0) is 37.6 Å². The molecule has 8 nitrogen and oxygen atoms in total. The topological polar surface area (TPSA) is 110 Å². The number of hydrogen-bond donors (Lipinski definition) is 2. The van der Waals surface area contributed by atoms with Crippen LogP contribution in [0.4, 0.5) is 5.13 Å². The molecule has 0 spiro atoms. The van der Waals surface area contributed by atoms with Crippen molar-refractivity contribution in [1.29, 1.82) is 0 Å². The highest BCUT2D eigenvalue weighted by Gasteiger charge is 2.20. The van der Waals surface area contributed by atoms with Gasteiger partial charge >= 0.3 is 0 Å². The minimum absolute atomic E-state index is 0.174. The summed E-state index contributed by atoms with van der Waals surface area (Å²) in [5, 5.41) is 11.7. The van der Waals surface area contributed by atoms with E-state index in [0.29, 0.717) is 28.7 Å². The van der Waals surface area contributed by atoms with Gasteiger partial charge in [-0.3, -0.25) is 10.1 Å². The van der Waals surface area contributed by atoms with Crippen LogP contribution in [0.25, 0.3) is 0 Å². The molecule has 1 unspecified atom stereocenters. The lowest BCUT2D eigenvalue weighted by molar-refractivity contribution is -0.122. The number of anilines is 1. The lowest BCUT2D eigenvalue weighted by atomic mass is 10.2. The molecule has 10 heteroatoms. The predicted octanol–water partition coefficient (Wildman–Crippen LogP) is 3.16. The van der Waals surface area contributed by atoms with E-state index in [4.69, 9.17) is 4.74 Å². The van der Waals surface area contributed by atoms with Crippen LogP contribution in [-0.4, -0.2) is 37.2 Å². The minimum atomic E-state index is -3.58. The van der Waals surface area contributed by atoms with Crippen LogP contribution >= 0.6 is 11.3 Å². The van der Waals surface area contributed by atoms with E-state index >= 15 is 0 Å². The molecule has 2 N–H and O–H groups in total. The van der Waals surface area contributed by atoms with Gasteiger partial charge in [-0.1, -0.05) is 54.2 Å². The van der Waals surface area contributed by atoms with Crippen molar-refractivity contribution in [3.63, 3.8) is 0 Å². The molecule has 164 valence electrons. The Morgan fingerprint density at radius 1 is 1.10 bits per heavy atom. The first kappa shape index (κ1) is 22.9. The fraction of sp³-hybridized carbons (Fsp3) is 0.286. The van der Waals surface area contributed by atoms with E-state index < -0.39 is 16.1 Å². The first-order valence-electron chi connectivity index (χ1n) is 9.78. The van der Waals surface area contributed by atoms with Crippen molar-refractivity contribution >= 4 is 32.4 Å². The third-order valence-electron chi connectivity index (χ3n) is 4.34. The number of amides is 1. The number of para-hydroxylation sites is 1. The number of nitrogens with one attached hydrogen (secondary N) is 2. The van der Waals surface area contributed by atoms with Crippen molar-refractivity contribution in [2.45, 2.75) is 37.7 Å². The van der Waals surface area contributed by atoms with Crippen molar-refractivity contribution in [3.05, 3.63) is 65.2 Å². The van der Waals surface area contributed by atoms with Crippen LogP contribution in [0.2, 0.25) is 0 Å². The maximum absolute atomic E-state index is 12.5. The standard InChI is InChI=1S/C21H24N4O4S2/c1-3-18(29-16-7-5-4-6-8-16)20(26)23-21-25-24-19(30-21)13-14-22-31(27,28)17-11-9-15(2)10-12-17/h4-12,18,22H,3,13-14H2,1-2H3,(H,23,25,26). The molecule has 0 aliphatic heterocycles. The van der Waals surface area contributed by atoms with Crippen LogP contribution in [0.15, 0.2) is 59.5 Å². The number of hydrogen-bond acceptors (Lipinski definition) is 7. The fourth-order valence-corrected chi connectivity index (χ4v) is 4.44. The van der Waals surface area contributed by atoms with Crippen molar-refractivity contribution < 1.29 is 17.9 Å². The van der Waals surface area contributed by atoms with Crippen LogP contribution in [0, 0.1) is 6.92 Å². The van der Waals surface area contributed by atoms with Crippen LogP contribution in [0.3, 0.4) is 0 Å². The van der Waals surface area contributed by atoms with Crippen LogP contribution < -0.4 is 14.8 Å². The van der Waals surface area contributed by atoms with Gasteiger partial charge in [0.1, 0.15) is 10.8 Å². The molecular formula is C21H24N4O4S2. The van der Waals surface area contributed by atoms with E-state index in [9.17, 15) is 13.2 Å². The van der Waals surface area contributed by atoms with Gasteiger partial charge in [-0.2, -0.15) is 0 Å². The lowest BCUT2D eigenvalue weighted by Crippen LogP contribution is -2.32. The first-order valence-corrected chi connectivity index (χ1v) is 12.1. The molecule has 0 aliphatic carbocycles. The molecule has 0 saturated heterocycles. The van der Waals surface area contributed by atoms with E-state index in [1.54, 1.807) is 36.4 Å². The quantitative estimate of drug-likeness (QED) is 0.481. The third kappa shape index (κ3) is 6.58. The summed E-state index contributed by atoms with van der Waals surface area (Å²) in [7, 11) is -3.58. The molecule has 2 aromatic carbocycles. The van der Waals surface area contributed by atoms with Crippen LogP contribution in [-0.2, 0) is 21.2 Å². The van der Waals surface area contributed by atoms with E-state index in [1.165, 1.54) is 11.3 Å². The molecule has 1 amide bonds. The van der Waals surface area contributed by atoms with Gasteiger partial charge in [0, 0.05) is 13.0 Å². The zero-order chi connectivity index (χ0) is 22.3. The number of carbonyl (C=O) groups excluding carboxylic acids is 1. The molecule has 0 fully saturated rings. The van der Waals surface area contributed by atoms with Gasteiger partial charge in [-0.25, -0.2) is 13.1 Å². The van der Waals surface area contributed by atoms with Crippen molar-refractivity contribution in [2.24, 2.45) is 0 Å². The van der Waals surface area contributed by atoms with Gasteiger partial charge in [0.05, 0.1) is 4.90 Å². The average Bonchev–Trinajstić information content (AvgIpc) is 3.20. The van der Waals surface area contributed by atoms with Crippen molar-refractivity contribution in [1.82, 2.24) is 14.9 Å². The number of sulfonamides is 1. The molecule has 0 bridgehead atoms. The third-order valence-corrected chi connectivity index (χ3v) is 6.72. The monoisotopic (exact) mass is 460 g/mol. The fourth-order valence-electron chi connectivity index (χ4n) is 2.67. The van der Waals surface area contributed by atoms with E-state index in [1.807, 2.05) is 32.0 Å². The summed E-state index contributed by atoms with van der Waals surface area (Å²) in [5.41, 5.74) is 0.988. The van der Waals surface area contributed by atoms with Crippen molar-refractivity contribution in [3.8, 4) is 5.75 Å². The number of carbonyl (C=O) groups is 1. The number of rotatable bonds is 10. The van der Waals surface area contributed by atoms with Gasteiger partial charge in [0.15, 0.2) is 6.10 Å². The van der Waals surface area contributed by atoms with E-state index in [-0.39, 0.29) is 17.3 Å². The Morgan fingerprint density at radius 3 is 2.48 bits per heavy atom. The lowest BCUT2D eigenvalue weighted by Gasteiger charge is -2.16. The summed E-state index contributed by atoms with van der Waals surface area (Å²) in [5.74, 6) is 0.303. The Bertz CT molecular complexity index is 1100. The summed E-state index contributed by atoms with van der Waals surface area (Å²) >= 11 is 1.20. The van der Waals surface area contributed by atoms with E-state index in [0.717, 1.165) is 5.56 Å². The van der Waals surface area contributed by atoms with Gasteiger partial charge in [0.25, 0.3) is 5.91 Å². The largest absolute Gasteiger partial charge is 0.481 e. The smallest absolute Gasteiger partial charge is 0.267 e. The SMILES string of the molecule is CCC(Oc1ccccc1)C(=O)Nc1nnc(CCNS(=O)(=O)c2ccc(C)cc2)s1. The second kappa shape index (κ2) is 10.5. The Morgan fingerprint density at radius 2 is 1.81 bits per heavy atom. The highest BCUT2D eigenvalue weighted by Crippen LogP contribution is 2.18. The number of aromatic nitrogens is 2. The second-order valence-electron chi connectivity index (χ2n) is 6.78. The zero-order valence-corrected chi connectivity index (χ0v) is 18.9. The number of nitrogens with zero attached hydrogens (tertiary/aromatic N) is 2. The number of benzene rings is 2. The molecule has 0 radical (unpaired) electrons. The summed E-state index contributed by atoms with van der Waals surface area (Å²) in [6, 6.07) is 15.8. The summed E-state index contributed by atoms with van der Waals surface area (Å²) in [6.45, 7) is 3.93. The molecule has 0 aliphatic rings. The Labute approximate surface area is 185 Å². The minimum Gasteiger partial charge on any atom is -0.481 e. The van der Waals surface area contributed by atoms with Gasteiger partial charge in [-0.15, -0.1) is 10.2 Å². The van der Waals surface area contributed by atoms with Crippen LogP contribution in [0.1, 0.15) is 23.9 Å². The Hall–Kier alpha value is -2.82. The second-order valence-corrected chi connectivity index (χ2v) is 9.61. The first-order chi connectivity index (χ1) is 14.9. The van der Waals surface area contributed by atoms with E-state index in [2.05, 4.69) is 20.2 Å². The average molecular weight is 461 g/mol. The summed E-state index contributed by atoms with van der Waals surface area (Å²) in [4.78, 5) is 12.7. The maximum atomic E-state index is 12.5.